The molecule has 1 aromatic carbocycles. The number of likely N-dealkylation sites (tertiary alicyclic amines) is 1. The van der Waals surface area contributed by atoms with Crippen LogP contribution >= 0.6 is 12.4 Å². The van der Waals surface area contributed by atoms with Gasteiger partial charge in [0.2, 0.25) is 5.91 Å². The smallest absolute Gasteiger partial charge is 0.407 e. The van der Waals surface area contributed by atoms with E-state index in [9.17, 15) is 23.1 Å². The van der Waals surface area contributed by atoms with Crippen LogP contribution in [0.2, 0.25) is 0 Å². The Morgan fingerprint density at radius 2 is 1.60 bits per heavy atom. The Labute approximate surface area is 184 Å². The lowest BCUT2D eigenvalue weighted by Gasteiger charge is -2.46. The molecule has 168 valence electrons. The fraction of sp³-hybridized carbons (Fsp3) is 0.600. The maximum absolute atomic E-state index is 13.1. The van der Waals surface area contributed by atoms with Gasteiger partial charge in [0, 0.05) is 25.9 Å². The van der Waals surface area contributed by atoms with Crippen molar-refractivity contribution < 1.29 is 23.1 Å². The van der Waals surface area contributed by atoms with Gasteiger partial charge in [-0.25, -0.2) is 13.2 Å². The van der Waals surface area contributed by atoms with Gasteiger partial charge in [-0.1, -0.05) is 12.1 Å². The number of carbonyl (C=O) groups is 2. The molecule has 8 nitrogen and oxygen atoms in total. The summed E-state index contributed by atoms with van der Waals surface area (Å²) in [6.07, 6.45) is 2.63. The van der Waals surface area contributed by atoms with Gasteiger partial charge in [-0.15, -0.1) is 12.4 Å². The van der Waals surface area contributed by atoms with E-state index in [-0.39, 0.29) is 41.7 Å². The predicted octanol–water partition coefficient (Wildman–Crippen LogP) is 1.73. The van der Waals surface area contributed by atoms with Crippen molar-refractivity contribution in [3.8, 4) is 0 Å². The number of nitrogens with zero attached hydrogens (tertiary/aromatic N) is 3. The van der Waals surface area contributed by atoms with Crippen LogP contribution in [0.15, 0.2) is 29.2 Å². The molecule has 2 heterocycles. The molecule has 0 radical (unpaired) electrons. The third-order valence-electron chi connectivity index (χ3n) is 5.95. The molecule has 1 aromatic rings. The van der Waals surface area contributed by atoms with Gasteiger partial charge in [-0.05, 0) is 50.6 Å². The highest BCUT2D eigenvalue weighted by Gasteiger charge is 2.39. The number of amides is 2. The van der Waals surface area contributed by atoms with Crippen LogP contribution in [-0.2, 0) is 21.1 Å². The maximum Gasteiger partial charge on any atom is 0.407 e. The van der Waals surface area contributed by atoms with Crippen molar-refractivity contribution in [2.75, 3.05) is 39.0 Å². The van der Waals surface area contributed by atoms with E-state index in [0.29, 0.717) is 19.6 Å². The van der Waals surface area contributed by atoms with E-state index in [1.54, 1.807) is 12.1 Å². The Kier molecular flexibility index (Phi) is 8.13. The first kappa shape index (κ1) is 24.4. The lowest BCUT2D eigenvalue weighted by molar-refractivity contribution is -0.137. The first-order chi connectivity index (χ1) is 13.7. The fourth-order valence-corrected chi connectivity index (χ4v) is 4.87. The Morgan fingerprint density at radius 3 is 2.13 bits per heavy atom. The summed E-state index contributed by atoms with van der Waals surface area (Å²) < 4.78 is 23.2. The van der Waals surface area contributed by atoms with Crippen molar-refractivity contribution in [2.45, 2.75) is 43.2 Å². The molecule has 2 aliphatic rings. The molecule has 2 aliphatic heterocycles. The predicted molar refractivity (Wildman–Crippen MR) is 116 cm³/mol. The number of halogens is 1. The summed E-state index contributed by atoms with van der Waals surface area (Å²) in [6.45, 7) is 5.16. The molecule has 30 heavy (non-hydrogen) atoms. The fourth-order valence-electron chi connectivity index (χ4n) is 4.24. The second-order valence-corrected chi connectivity index (χ2v) is 9.99. The standard InChI is InChI=1S/C20H29N3O5S.ClH/c1-15-18(14-21-9-3-4-10-21)23(12-11-22(15)20(25)26)19(24)13-16-5-7-17(8-6-16)29(2,27)28;/h5-8,15,18H,3-4,9-14H2,1-2H3,(H,25,26);1H/t15-,18+;/m1./s1. The number of benzene rings is 1. The zero-order valence-corrected chi connectivity index (χ0v) is 19.0. The van der Waals surface area contributed by atoms with E-state index < -0.39 is 15.9 Å². The minimum atomic E-state index is -3.27. The lowest BCUT2D eigenvalue weighted by Crippen LogP contribution is -2.64. The minimum absolute atomic E-state index is 0. The van der Waals surface area contributed by atoms with Gasteiger partial charge >= 0.3 is 6.09 Å². The van der Waals surface area contributed by atoms with Crippen LogP contribution in [0.5, 0.6) is 0 Å². The quantitative estimate of drug-likeness (QED) is 0.720. The van der Waals surface area contributed by atoms with Crippen LogP contribution in [0.25, 0.3) is 0 Å². The number of piperazine rings is 1. The highest BCUT2D eigenvalue weighted by molar-refractivity contribution is 7.90. The van der Waals surface area contributed by atoms with Gasteiger partial charge in [-0.2, -0.15) is 0 Å². The molecule has 0 spiro atoms. The van der Waals surface area contributed by atoms with Crippen molar-refractivity contribution >= 4 is 34.2 Å². The maximum atomic E-state index is 13.1. The minimum Gasteiger partial charge on any atom is -0.465 e. The molecule has 0 saturated carbocycles. The van der Waals surface area contributed by atoms with Crippen molar-refractivity contribution in [3.05, 3.63) is 29.8 Å². The molecule has 0 unspecified atom stereocenters. The summed E-state index contributed by atoms with van der Waals surface area (Å²) in [7, 11) is -3.27. The summed E-state index contributed by atoms with van der Waals surface area (Å²) >= 11 is 0. The van der Waals surface area contributed by atoms with Gasteiger partial charge in [0.05, 0.1) is 23.4 Å². The van der Waals surface area contributed by atoms with E-state index in [1.807, 2.05) is 11.8 Å². The summed E-state index contributed by atoms with van der Waals surface area (Å²) in [5.74, 6) is -0.0572. The second kappa shape index (κ2) is 9.98. The van der Waals surface area contributed by atoms with Crippen molar-refractivity contribution in [3.63, 3.8) is 0 Å². The average Bonchev–Trinajstić information content (AvgIpc) is 3.15. The number of hydrogen-bond donors (Lipinski definition) is 1. The average molecular weight is 460 g/mol. The monoisotopic (exact) mass is 459 g/mol. The summed E-state index contributed by atoms with van der Waals surface area (Å²) in [4.78, 5) is 30.4. The largest absolute Gasteiger partial charge is 0.465 e. The Hall–Kier alpha value is -1.84. The van der Waals surface area contributed by atoms with Crippen molar-refractivity contribution in [2.24, 2.45) is 0 Å². The Balaban J connectivity index is 0.00000320. The van der Waals surface area contributed by atoms with Crippen molar-refractivity contribution in [1.82, 2.24) is 14.7 Å². The third kappa shape index (κ3) is 5.65. The van der Waals surface area contributed by atoms with Crippen molar-refractivity contribution in [1.29, 1.82) is 0 Å². The van der Waals surface area contributed by atoms with E-state index >= 15 is 0 Å². The molecule has 1 N–H and O–H groups in total. The Morgan fingerprint density at radius 1 is 1.03 bits per heavy atom. The molecule has 0 aromatic heterocycles. The van der Waals surface area contributed by atoms with Gasteiger partial charge < -0.3 is 19.8 Å². The third-order valence-corrected chi connectivity index (χ3v) is 7.08. The molecular formula is C20H30ClN3O5S. The molecule has 2 amide bonds. The SMILES string of the molecule is C[C@@H]1[C@H](CN2CCCC2)N(C(=O)Cc2ccc(S(C)(=O)=O)cc2)CCN1C(=O)O.Cl. The molecule has 10 heteroatoms. The molecule has 3 rings (SSSR count). The highest BCUT2D eigenvalue weighted by atomic mass is 35.5. The topological polar surface area (TPSA) is 98.2 Å². The summed E-state index contributed by atoms with van der Waals surface area (Å²) in [5, 5.41) is 9.50. The van der Waals surface area contributed by atoms with E-state index in [2.05, 4.69) is 4.90 Å². The number of hydrogen-bond acceptors (Lipinski definition) is 5. The highest BCUT2D eigenvalue weighted by Crippen LogP contribution is 2.22. The van der Waals surface area contributed by atoms with Gasteiger partial charge in [0.25, 0.3) is 0 Å². The molecule has 2 atom stereocenters. The van der Waals surface area contributed by atoms with E-state index in [4.69, 9.17) is 0 Å². The number of rotatable bonds is 5. The van der Waals surface area contributed by atoms with Gasteiger partial charge in [-0.3, -0.25) is 4.79 Å². The molecule has 0 bridgehead atoms. The summed E-state index contributed by atoms with van der Waals surface area (Å²) in [6, 6.07) is 5.90. The lowest BCUT2D eigenvalue weighted by atomic mass is 10.0. The zero-order valence-electron chi connectivity index (χ0n) is 17.4. The molecule has 0 aliphatic carbocycles. The van der Waals surface area contributed by atoms with Gasteiger partial charge in [0.1, 0.15) is 0 Å². The number of carboxylic acid groups (broad SMARTS) is 1. The molecule has 2 fully saturated rings. The first-order valence-corrected chi connectivity index (χ1v) is 11.9. The van der Waals surface area contributed by atoms with Crippen LogP contribution in [0.4, 0.5) is 4.79 Å². The van der Waals surface area contributed by atoms with Gasteiger partial charge in [0.15, 0.2) is 9.84 Å². The van der Waals surface area contributed by atoms with Crippen LogP contribution in [0.3, 0.4) is 0 Å². The van der Waals surface area contributed by atoms with Crippen LogP contribution in [-0.4, -0.2) is 91.3 Å². The number of carbonyl (C=O) groups excluding carboxylic acids is 1. The van der Waals surface area contributed by atoms with Crippen LogP contribution < -0.4 is 0 Å². The van der Waals surface area contributed by atoms with Crippen LogP contribution in [0, 0.1) is 0 Å². The molecular weight excluding hydrogens is 430 g/mol. The normalized spacial score (nSPS) is 22.6. The molecule has 2 saturated heterocycles. The summed E-state index contributed by atoms with van der Waals surface area (Å²) in [5.41, 5.74) is 0.746. The second-order valence-electron chi connectivity index (χ2n) is 7.97. The van der Waals surface area contributed by atoms with E-state index in [0.717, 1.165) is 37.8 Å². The van der Waals surface area contributed by atoms with E-state index in [1.165, 1.54) is 17.0 Å². The first-order valence-electron chi connectivity index (χ1n) is 9.97. The Bertz CT molecular complexity index is 856. The number of sulfone groups is 1. The zero-order chi connectivity index (χ0) is 21.2. The van der Waals surface area contributed by atoms with Crippen LogP contribution in [0.1, 0.15) is 25.3 Å².